The number of hydrogen-bond acceptors (Lipinski definition) is 4. The summed E-state index contributed by atoms with van der Waals surface area (Å²) in [5.74, 6) is 0.373. The molecule has 1 rings (SSSR count). The number of nitro groups is 1. The summed E-state index contributed by atoms with van der Waals surface area (Å²) in [5.41, 5.74) is 0.0652. The molecule has 0 aliphatic carbocycles. The van der Waals surface area contributed by atoms with Gasteiger partial charge < -0.3 is 4.79 Å². The van der Waals surface area contributed by atoms with E-state index in [9.17, 15) is 14.9 Å². The van der Waals surface area contributed by atoms with E-state index >= 15 is 0 Å². The minimum atomic E-state index is -0.450. The summed E-state index contributed by atoms with van der Waals surface area (Å²) < 4.78 is 0. The molecule has 68 valence electrons. The van der Waals surface area contributed by atoms with Crippen molar-refractivity contribution < 1.29 is 9.72 Å². The van der Waals surface area contributed by atoms with Gasteiger partial charge in [0.05, 0.1) is 10.7 Å². The summed E-state index contributed by atoms with van der Waals surface area (Å²) in [5, 5.41) is 10.3. The summed E-state index contributed by atoms with van der Waals surface area (Å²) in [6.45, 7) is 0. The molecule has 1 aromatic rings. The van der Waals surface area contributed by atoms with Crippen LogP contribution in [0.4, 0.5) is 5.69 Å². The first-order chi connectivity index (χ1) is 6.24. The highest BCUT2D eigenvalue weighted by atomic mass is 32.2. The van der Waals surface area contributed by atoms with Gasteiger partial charge in [-0.1, -0.05) is 0 Å². The number of non-ortho nitro benzene ring substituents is 1. The van der Waals surface area contributed by atoms with Crippen LogP contribution in [0.5, 0.6) is 0 Å². The van der Waals surface area contributed by atoms with Crippen LogP contribution in [0.15, 0.2) is 29.2 Å². The third kappa shape index (κ3) is 2.87. The van der Waals surface area contributed by atoms with Gasteiger partial charge in [-0.25, -0.2) is 0 Å². The Balaban J connectivity index is 2.69. The van der Waals surface area contributed by atoms with Gasteiger partial charge in [-0.15, -0.1) is 11.8 Å². The van der Waals surface area contributed by atoms with E-state index in [2.05, 4.69) is 0 Å². The van der Waals surface area contributed by atoms with Crippen molar-refractivity contribution in [1.29, 1.82) is 0 Å². The molecule has 0 bridgehead atoms. The average molecular weight is 197 g/mol. The smallest absolute Gasteiger partial charge is 0.269 e. The van der Waals surface area contributed by atoms with Gasteiger partial charge >= 0.3 is 0 Å². The molecule has 0 aromatic heterocycles. The monoisotopic (exact) mass is 197 g/mol. The van der Waals surface area contributed by atoms with Gasteiger partial charge in [-0.05, 0) is 12.1 Å². The number of benzene rings is 1. The SMILES string of the molecule is O=CCSc1ccc([N+](=O)[O-])cc1. The molecule has 4 nitrogen and oxygen atoms in total. The Morgan fingerprint density at radius 3 is 2.46 bits per heavy atom. The lowest BCUT2D eigenvalue weighted by atomic mass is 10.3. The molecule has 0 saturated heterocycles. The minimum absolute atomic E-state index is 0.0652. The first kappa shape index (κ1) is 9.73. The molecule has 13 heavy (non-hydrogen) atoms. The molecule has 0 radical (unpaired) electrons. The van der Waals surface area contributed by atoms with Gasteiger partial charge in [0, 0.05) is 17.0 Å². The van der Waals surface area contributed by atoms with Crippen LogP contribution in [0.3, 0.4) is 0 Å². The quantitative estimate of drug-likeness (QED) is 0.320. The highest BCUT2D eigenvalue weighted by molar-refractivity contribution is 7.99. The fraction of sp³-hybridized carbons (Fsp3) is 0.125. The van der Waals surface area contributed by atoms with Gasteiger partial charge in [-0.3, -0.25) is 10.1 Å². The maximum Gasteiger partial charge on any atom is 0.269 e. The standard InChI is InChI=1S/C8H7NO3S/c10-5-6-13-8-3-1-7(2-4-8)9(11)12/h1-5H,6H2. The molecule has 1 aromatic carbocycles. The fourth-order valence-electron chi connectivity index (χ4n) is 0.794. The first-order valence-electron chi connectivity index (χ1n) is 3.55. The van der Waals surface area contributed by atoms with Crippen LogP contribution in [0.2, 0.25) is 0 Å². The van der Waals surface area contributed by atoms with Gasteiger partial charge in [0.1, 0.15) is 6.29 Å². The van der Waals surface area contributed by atoms with Gasteiger partial charge in [0.2, 0.25) is 0 Å². The normalized spacial score (nSPS) is 9.54. The predicted molar refractivity (Wildman–Crippen MR) is 49.9 cm³/mol. The number of carbonyl (C=O) groups is 1. The molecule has 0 aliphatic heterocycles. The maximum atomic E-state index is 10.3. The Hall–Kier alpha value is -1.36. The van der Waals surface area contributed by atoms with Crippen molar-refractivity contribution in [2.75, 3.05) is 5.75 Å². The van der Waals surface area contributed by atoms with Crippen LogP contribution in [-0.2, 0) is 4.79 Å². The molecule has 0 heterocycles. The van der Waals surface area contributed by atoms with Gasteiger partial charge in [0.25, 0.3) is 5.69 Å². The molecule has 0 fully saturated rings. The summed E-state index contributed by atoms with van der Waals surface area (Å²) in [6, 6.07) is 6.11. The van der Waals surface area contributed by atoms with Crippen LogP contribution < -0.4 is 0 Å². The Morgan fingerprint density at radius 1 is 1.38 bits per heavy atom. The van der Waals surface area contributed by atoms with Crippen molar-refractivity contribution in [3.8, 4) is 0 Å². The number of rotatable bonds is 4. The fourth-order valence-corrected chi connectivity index (χ4v) is 1.38. The van der Waals surface area contributed by atoms with E-state index in [-0.39, 0.29) is 5.69 Å². The van der Waals surface area contributed by atoms with E-state index < -0.39 is 4.92 Å². The summed E-state index contributed by atoms with van der Waals surface area (Å²) in [4.78, 5) is 20.7. The lowest BCUT2D eigenvalue weighted by molar-refractivity contribution is -0.384. The zero-order chi connectivity index (χ0) is 9.68. The molecule has 0 amide bonds. The number of nitro benzene ring substituents is 1. The maximum absolute atomic E-state index is 10.3. The van der Waals surface area contributed by atoms with E-state index in [0.717, 1.165) is 11.2 Å². The van der Waals surface area contributed by atoms with E-state index in [4.69, 9.17) is 0 Å². The average Bonchev–Trinajstić information content (AvgIpc) is 2.15. The third-order valence-corrected chi connectivity index (χ3v) is 2.27. The molecule has 5 heteroatoms. The minimum Gasteiger partial charge on any atom is -0.302 e. The summed E-state index contributed by atoms with van der Waals surface area (Å²) in [6.07, 6.45) is 0.798. The van der Waals surface area contributed by atoms with Gasteiger partial charge in [-0.2, -0.15) is 0 Å². The second-order valence-corrected chi connectivity index (χ2v) is 3.32. The van der Waals surface area contributed by atoms with Crippen molar-refractivity contribution in [1.82, 2.24) is 0 Å². The summed E-state index contributed by atoms with van der Waals surface area (Å²) in [7, 11) is 0. The second kappa shape index (κ2) is 4.61. The molecular formula is C8H7NO3S. The van der Waals surface area contributed by atoms with Crippen molar-refractivity contribution in [2.45, 2.75) is 4.90 Å². The molecule has 0 spiro atoms. The lowest BCUT2D eigenvalue weighted by Gasteiger charge is -1.95. The van der Waals surface area contributed by atoms with Crippen molar-refractivity contribution in [3.05, 3.63) is 34.4 Å². The van der Waals surface area contributed by atoms with Crippen LogP contribution in [-0.4, -0.2) is 17.0 Å². The second-order valence-electron chi connectivity index (χ2n) is 2.23. The van der Waals surface area contributed by atoms with Crippen LogP contribution >= 0.6 is 11.8 Å². The van der Waals surface area contributed by atoms with E-state index in [1.807, 2.05) is 0 Å². The summed E-state index contributed by atoms with van der Waals surface area (Å²) >= 11 is 1.35. The Bertz CT molecular complexity index is 310. The Labute approximate surface area is 79.1 Å². The van der Waals surface area contributed by atoms with Crippen molar-refractivity contribution in [3.63, 3.8) is 0 Å². The molecular weight excluding hydrogens is 190 g/mol. The van der Waals surface area contributed by atoms with Crippen molar-refractivity contribution in [2.24, 2.45) is 0 Å². The first-order valence-corrected chi connectivity index (χ1v) is 4.53. The molecule has 0 aliphatic rings. The van der Waals surface area contributed by atoms with E-state index in [1.54, 1.807) is 12.1 Å². The van der Waals surface area contributed by atoms with E-state index in [1.165, 1.54) is 23.9 Å². The number of aldehydes is 1. The molecule has 0 unspecified atom stereocenters. The van der Waals surface area contributed by atoms with Crippen LogP contribution in [0, 0.1) is 10.1 Å². The zero-order valence-electron chi connectivity index (χ0n) is 6.67. The number of thioether (sulfide) groups is 1. The molecule has 0 saturated carbocycles. The highest BCUT2D eigenvalue weighted by Gasteiger charge is 2.03. The molecule has 0 N–H and O–H groups in total. The van der Waals surface area contributed by atoms with Crippen molar-refractivity contribution >= 4 is 23.7 Å². The van der Waals surface area contributed by atoms with E-state index in [0.29, 0.717) is 5.75 Å². The van der Waals surface area contributed by atoms with Gasteiger partial charge in [0.15, 0.2) is 0 Å². The third-order valence-electron chi connectivity index (χ3n) is 1.37. The van der Waals surface area contributed by atoms with Crippen LogP contribution in [0.1, 0.15) is 0 Å². The number of carbonyl (C=O) groups excluding carboxylic acids is 1. The largest absolute Gasteiger partial charge is 0.302 e. The highest BCUT2D eigenvalue weighted by Crippen LogP contribution is 2.20. The van der Waals surface area contributed by atoms with Crippen LogP contribution in [0.25, 0.3) is 0 Å². The zero-order valence-corrected chi connectivity index (χ0v) is 7.49. The molecule has 0 atom stereocenters. The predicted octanol–water partition coefficient (Wildman–Crippen LogP) is 1.89. The Morgan fingerprint density at radius 2 is 2.00 bits per heavy atom. The number of hydrogen-bond donors (Lipinski definition) is 0. The Kier molecular flexibility index (Phi) is 3.45. The topological polar surface area (TPSA) is 60.2 Å². The lowest BCUT2D eigenvalue weighted by Crippen LogP contribution is -1.86. The number of nitrogens with zero attached hydrogens (tertiary/aromatic N) is 1.